The van der Waals surface area contributed by atoms with E-state index in [9.17, 15) is 19.1 Å². The highest BCUT2D eigenvalue weighted by atomic mass is 32.1. The van der Waals surface area contributed by atoms with Crippen LogP contribution >= 0.6 is 11.3 Å². The van der Waals surface area contributed by atoms with Crippen LogP contribution < -0.4 is 5.32 Å². The third-order valence-corrected chi connectivity index (χ3v) is 4.30. The fraction of sp³-hybridized carbons (Fsp3) is 0. The molecule has 0 aliphatic carbocycles. The predicted molar refractivity (Wildman–Crippen MR) is 91.1 cm³/mol. The highest BCUT2D eigenvalue weighted by Gasteiger charge is 2.21. The van der Waals surface area contributed by atoms with Crippen LogP contribution in [0, 0.1) is 5.82 Å². The van der Waals surface area contributed by atoms with E-state index in [0.29, 0.717) is 5.56 Å². The second kappa shape index (κ2) is 6.64. The number of thiophene rings is 1. The van der Waals surface area contributed by atoms with E-state index in [1.165, 1.54) is 18.2 Å². The van der Waals surface area contributed by atoms with E-state index in [1.54, 1.807) is 17.5 Å². The Kier molecular flexibility index (Phi) is 4.39. The van der Waals surface area contributed by atoms with Gasteiger partial charge in [0, 0.05) is 16.5 Å². The number of hydrogen-bond donors (Lipinski definition) is 2. The molecule has 0 aliphatic heterocycles. The minimum atomic E-state index is -1.13. The highest BCUT2D eigenvalue weighted by molar-refractivity contribution is 7.15. The molecule has 24 heavy (non-hydrogen) atoms. The molecule has 1 aromatic heterocycles. The van der Waals surface area contributed by atoms with Gasteiger partial charge in [-0.25, -0.2) is 9.18 Å². The Balaban J connectivity index is 1.96. The number of aromatic carboxylic acids is 1. The second-order valence-electron chi connectivity index (χ2n) is 4.99. The molecular weight excluding hydrogens is 329 g/mol. The maximum atomic E-state index is 13.2. The standard InChI is InChI=1S/C18H12FNO3S/c19-13-8-4-7-12(9-13)16(21)20-17-15(18(22)23)14(10-24-17)11-5-2-1-3-6-11/h1-10H,(H,20,21)(H,22,23). The van der Waals surface area contributed by atoms with Gasteiger partial charge in [-0.2, -0.15) is 0 Å². The van der Waals surface area contributed by atoms with Crippen molar-refractivity contribution in [2.75, 3.05) is 5.32 Å². The zero-order valence-corrected chi connectivity index (χ0v) is 13.1. The SMILES string of the molecule is O=C(Nc1scc(-c2ccccc2)c1C(=O)O)c1cccc(F)c1. The molecule has 0 atom stereocenters. The molecule has 4 nitrogen and oxygen atoms in total. The quantitative estimate of drug-likeness (QED) is 0.734. The highest BCUT2D eigenvalue weighted by Crippen LogP contribution is 2.35. The summed E-state index contributed by atoms with van der Waals surface area (Å²) in [5.74, 6) is -2.22. The number of carboxylic acids is 1. The fourth-order valence-corrected chi connectivity index (χ4v) is 3.25. The van der Waals surface area contributed by atoms with Crippen molar-refractivity contribution in [2.24, 2.45) is 0 Å². The first-order valence-corrected chi connectivity index (χ1v) is 7.91. The minimum absolute atomic E-state index is 0.0240. The van der Waals surface area contributed by atoms with Crippen LogP contribution in [0.2, 0.25) is 0 Å². The Bertz CT molecular complexity index is 906. The average Bonchev–Trinajstić information content (AvgIpc) is 2.99. The maximum Gasteiger partial charge on any atom is 0.339 e. The number of carbonyl (C=O) groups is 2. The number of benzene rings is 2. The number of amides is 1. The molecule has 0 saturated carbocycles. The van der Waals surface area contributed by atoms with Gasteiger partial charge < -0.3 is 10.4 Å². The average molecular weight is 341 g/mol. The minimum Gasteiger partial charge on any atom is -0.478 e. The Morgan fingerprint density at radius 1 is 1.04 bits per heavy atom. The van der Waals surface area contributed by atoms with E-state index in [-0.39, 0.29) is 16.1 Å². The summed E-state index contributed by atoms with van der Waals surface area (Å²) in [4.78, 5) is 23.9. The molecular formula is C18H12FNO3S. The first kappa shape index (κ1) is 15.9. The van der Waals surface area contributed by atoms with Crippen LogP contribution in [-0.4, -0.2) is 17.0 Å². The number of carboxylic acid groups (broad SMARTS) is 1. The largest absolute Gasteiger partial charge is 0.478 e. The molecule has 0 unspecified atom stereocenters. The van der Waals surface area contributed by atoms with Crippen LogP contribution in [0.3, 0.4) is 0 Å². The Labute approximate surface area is 141 Å². The van der Waals surface area contributed by atoms with Gasteiger partial charge in [0.1, 0.15) is 16.4 Å². The molecule has 1 amide bonds. The van der Waals surface area contributed by atoms with Crippen LogP contribution in [0.25, 0.3) is 11.1 Å². The molecule has 0 bridgehead atoms. The first-order valence-electron chi connectivity index (χ1n) is 7.03. The van der Waals surface area contributed by atoms with Crippen molar-refractivity contribution < 1.29 is 19.1 Å². The van der Waals surface area contributed by atoms with Gasteiger partial charge in [0.2, 0.25) is 0 Å². The monoisotopic (exact) mass is 341 g/mol. The summed E-state index contributed by atoms with van der Waals surface area (Å²) in [7, 11) is 0. The van der Waals surface area contributed by atoms with Crippen molar-refractivity contribution in [3.63, 3.8) is 0 Å². The lowest BCUT2D eigenvalue weighted by molar-refractivity contribution is 0.0699. The Hall–Kier alpha value is -2.99. The normalized spacial score (nSPS) is 10.4. The summed E-state index contributed by atoms with van der Waals surface area (Å²) in [5.41, 5.74) is 1.43. The van der Waals surface area contributed by atoms with Gasteiger partial charge in [-0.1, -0.05) is 36.4 Å². The molecule has 2 N–H and O–H groups in total. The van der Waals surface area contributed by atoms with Gasteiger partial charge in [-0.3, -0.25) is 4.79 Å². The molecule has 2 aromatic carbocycles. The molecule has 0 aliphatic rings. The lowest BCUT2D eigenvalue weighted by Crippen LogP contribution is -2.13. The zero-order valence-electron chi connectivity index (χ0n) is 12.3. The molecule has 0 fully saturated rings. The van der Waals surface area contributed by atoms with E-state index >= 15 is 0 Å². The van der Waals surface area contributed by atoms with Gasteiger partial charge in [0.25, 0.3) is 5.91 Å². The molecule has 0 saturated heterocycles. The van der Waals surface area contributed by atoms with E-state index in [0.717, 1.165) is 23.0 Å². The fourth-order valence-electron chi connectivity index (χ4n) is 2.30. The summed E-state index contributed by atoms with van der Waals surface area (Å²) >= 11 is 1.12. The van der Waals surface area contributed by atoms with E-state index in [1.807, 2.05) is 18.2 Å². The molecule has 0 spiro atoms. The molecule has 3 rings (SSSR count). The number of carbonyl (C=O) groups excluding carboxylic acids is 1. The number of anilines is 1. The van der Waals surface area contributed by atoms with Crippen molar-refractivity contribution in [2.45, 2.75) is 0 Å². The summed E-state index contributed by atoms with van der Waals surface area (Å²) in [6, 6.07) is 14.3. The van der Waals surface area contributed by atoms with Crippen molar-refractivity contribution in [3.05, 3.63) is 76.9 Å². The summed E-state index contributed by atoms with van der Waals surface area (Å²) in [6.45, 7) is 0. The lowest BCUT2D eigenvalue weighted by atomic mass is 10.0. The first-order chi connectivity index (χ1) is 11.6. The number of nitrogens with one attached hydrogen (secondary N) is 1. The topological polar surface area (TPSA) is 66.4 Å². The lowest BCUT2D eigenvalue weighted by Gasteiger charge is -2.06. The van der Waals surface area contributed by atoms with E-state index in [4.69, 9.17) is 0 Å². The summed E-state index contributed by atoms with van der Waals surface area (Å²) < 4.78 is 13.2. The van der Waals surface area contributed by atoms with Crippen LogP contribution in [0.15, 0.2) is 60.0 Å². The molecule has 1 heterocycles. The summed E-state index contributed by atoms with van der Waals surface area (Å²) in [5, 5.41) is 14.0. The summed E-state index contributed by atoms with van der Waals surface area (Å²) in [6.07, 6.45) is 0. The Morgan fingerprint density at radius 2 is 1.79 bits per heavy atom. The van der Waals surface area contributed by atoms with Crippen molar-refractivity contribution in [1.29, 1.82) is 0 Å². The molecule has 120 valence electrons. The van der Waals surface area contributed by atoms with Crippen molar-refractivity contribution in [3.8, 4) is 11.1 Å². The van der Waals surface area contributed by atoms with Crippen LogP contribution in [0.4, 0.5) is 9.39 Å². The predicted octanol–water partition coefficient (Wildman–Crippen LogP) is 4.50. The third-order valence-electron chi connectivity index (χ3n) is 3.40. The van der Waals surface area contributed by atoms with Crippen LogP contribution in [0.1, 0.15) is 20.7 Å². The second-order valence-corrected chi connectivity index (χ2v) is 5.87. The van der Waals surface area contributed by atoms with Crippen molar-refractivity contribution in [1.82, 2.24) is 0 Å². The number of rotatable bonds is 4. The Morgan fingerprint density at radius 3 is 2.46 bits per heavy atom. The maximum absolute atomic E-state index is 13.2. The zero-order chi connectivity index (χ0) is 17.1. The van der Waals surface area contributed by atoms with Gasteiger partial charge >= 0.3 is 5.97 Å². The molecule has 3 aromatic rings. The number of hydrogen-bond acceptors (Lipinski definition) is 3. The van der Waals surface area contributed by atoms with Gasteiger partial charge in [-0.15, -0.1) is 11.3 Å². The van der Waals surface area contributed by atoms with Crippen molar-refractivity contribution >= 4 is 28.2 Å². The van der Waals surface area contributed by atoms with Gasteiger partial charge in [0.05, 0.1) is 0 Å². The van der Waals surface area contributed by atoms with E-state index < -0.39 is 17.7 Å². The van der Waals surface area contributed by atoms with Gasteiger partial charge in [0.15, 0.2) is 0 Å². The number of halogens is 1. The molecule has 0 radical (unpaired) electrons. The molecule has 6 heteroatoms. The van der Waals surface area contributed by atoms with Crippen LogP contribution in [-0.2, 0) is 0 Å². The van der Waals surface area contributed by atoms with Gasteiger partial charge in [-0.05, 0) is 23.8 Å². The third kappa shape index (κ3) is 3.18. The smallest absolute Gasteiger partial charge is 0.339 e. The van der Waals surface area contributed by atoms with E-state index in [2.05, 4.69) is 5.32 Å². The van der Waals surface area contributed by atoms with Crippen LogP contribution in [0.5, 0.6) is 0 Å².